The Morgan fingerprint density at radius 1 is 0.208 bits per heavy atom. The van der Waals surface area contributed by atoms with Crippen molar-refractivity contribution in [2.75, 3.05) is 0 Å². The predicted molar refractivity (Wildman–Crippen MR) is 206 cm³/mol. The van der Waals surface area contributed by atoms with E-state index in [-0.39, 0.29) is 80.8 Å². The van der Waals surface area contributed by atoms with Crippen molar-refractivity contribution in [3.05, 3.63) is 158 Å². The molecule has 0 N–H and O–H groups in total. The van der Waals surface area contributed by atoms with E-state index in [0.29, 0.717) is 0 Å². The Morgan fingerprint density at radius 2 is 0.271 bits per heavy atom. The van der Waals surface area contributed by atoms with Gasteiger partial charge in [0.05, 0.1) is 0 Å². The molecule has 0 aromatic carbocycles. The summed E-state index contributed by atoms with van der Waals surface area (Å²) in [6.45, 7) is 50.9. The van der Waals surface area contributed by atoms with Crippen LogP contribution in [0.2, 0.25) is 0 Å². The van der Waals surface area contributed by atoms with Crippen molar-refractivity contribution >= 4 is 0 Å². The van der Waals surface area contributed by atoms with Gasteiger partial charge in [0.1, 0.15) is 0 Å². The van der Waals surface area contributed by atoms with E-state index in [1.165, 1.54) is 118 Å². The van der Waals surface area contributed by atoms with Crippen LogP contribution in [0.15, 0.2) is 0 Å². The van der Waals surface area contributed by atoms with Gasteiger partial charge >= 0.3 is 0 Å². The van der Waals surface area contributed by atoms with Crippen LogP contribution in [0.1, 0.15) is 138 Å². The molecule has 0 atom stereocenters. The van der Waals surface area contributed by atoms with Crippen molar-refractivity contribution in [2.45, 2.75) is 138 Å². The van der Waals surface area contributed by atoms with Crippen molar-refractivity contribution in [3.63, 3.8) is 0 Å². The molecule has 0 aromatic heterocycles. The molecule has 4 aliphatic carbocycles. The fourth-order valence-corrected chi connectivity index (χ4v) is 5.78. The van der Waals surface area contributed by atoms with Gasteiger partial charge in [0, 0.05) is 80.8 Å². The third kappa shape index (κ3) is 15.1. The van der Waals surface area contributed by atoms with Crippen molar-refractivity contribution < 1.29 is 80.8 Å². The molecule has 0 heterocycles. The van der Waals surface area contributed by atoms with Gasteiger partial charge in [-0.15, -0.1) is 0 Å². The Labute approximate surface area is 372 Å². The van der Waals surface area contributed by atoms with E-state index < -0.39 is 0 Å². The van der Waals surface area contributed by atoms with Crippen LogP contribution in [0.25, 0.3) is 0 Å². The third-order valence-corrected chi connectivity index (χ3v) is 11.6. The van der Waals surface area contributed by atoms with Gasteiger partial charge in [-0.1, -0.05) is 138 Å². The first kappa shape index (κ1) is 55.0. The fourth-order valence-electron chi connectivity index (χ4n) is 5.78. The molecule has 4 rings (SSSR count). The van der Waals surface area contributed by atoms with Crippen LogP contribution in [0.3, 0.4) is 0 Å². The van der Waals surface area contributed by atoms with Gasteiger partial charge in [-0.25, -0.2) is 0 Å². The Kier molecular flexibility index (Phi) is 30.3. The fraction of sp³-hybridized carbons (Fsp3) is 0.435. The van der Waals surface area contributed by atoms with E-state index in [0.717, 1.165) is 0 Å². The molecule has 0 amide bonds. The van der Waals surface area contributed by atoms with Gasteiger partial charge < -0.3 is 0 Å². The molecule has 4 fully saturated rings. The molecule has 0 saturated heterocycles. The summed E-state index contributed by atoms with van der Waals surface area (Å²) in [7, 11) is 0. The molecule has 0 aliphatic heterocycles. The summed E-state index contributed by atoms with van der Waals surface area (Å²) in [6.07, 6.45) is 7.07. The van der Waals surface area contributed by atoms with E-state index in [1.807, 2.05) is 12.8 Å². The first-order chi connectivity index (χ1) is 21.1. The van der Waals surface area contributed by atoms with E-state index in [9.17, 15) is 0 Å². The largest absolute Gasteiger partial charge is 0.0579 e. The second kappa shape index (κ2) is 26.5. The van der Waals surface area contributed by atoms with Gasteiger partial charge in [0.25, 0.3) is 0 Å². The van der Waals surface area contributed by atoms with Crippen molar-refractivity contribution in [1.82, 2.24) is 0 Å². The molecule has 4 aliphatic rings. The maximum atomic E-state index is 3.46. The Bertz CT molecular complexity index is 477. The van der Waals surface area contributed by atoms with E-state index in [2.05, 4.69) is 152 Å². The SMILES string of the molecule is C[C]1[C](C)[C](C)[C](C)[C]1C.C[C]1[C](C)[C](C)[C](C)[C]1C.C[C]1[C](C)[C](C)[C](C)[C]1C.C[C]1[C](C)[C](C)[C](C)[C]1C.[CH2][CH][CH][CH][CH][CH2].[Sm].[Sm]. The number of hydrogen-bond acceptors (Lipinski definition) is 0. The third-order valence-electron chi connectivity index (χ3n) is 11.6. The first-order valence-electron chi connectivity index (χ1n) is 16.8. The topological polar surface area (TPSA) is 0 Å². The molecule has 0 nitrogen and oxygen atoms in total. The van der Waals surface area contributed by atoms with Crippen molar-refractivity contribution in [3.8, 4) is 0 Å². The number of hydrogen-bond donors (Lipinski definition) is 0. The quantitative estimate of drug-likeness (QED) is 0.248. The average Bonchev–Trinajstić information content (AvgIpc) is 3.48. The molecular weight excluding hydrogens is 853 g/mol. The standard InChI is InChI=1S/4C10H15.C6H8.2Sm/c4*1-6-7(2)9(4)10(5)8(6)3;1-3-5-6-4-2;;/h4*1-5H3;3-6H,1-2H2;;. The molecule has 26 radical (unpaired) electrons. The zero-order chi connectivity index (χ0) is 36.4. The summed E-state index contributed by atoms with van der Waals surface area (Å²) in [5.74, 6) is 29.4. The maximum absolute atomic E-state index is 3.46. The van der Waals surface area contributed by atoms with Crippen molar-refractivity contribution in [2.24, 2.45) is 0 Å². The Hall–Kier alpha value is 2.68. The molecule has 0 aromatic rings. The molecule has 2 heteroatoms. The van der Waals surface area contributed by atoms with Crippen LogP contribution in [0, 0.1) is 239 Å². The van der Waals surface area contributed by atoms with Crippen molar-refractivity contribution in [1.29, 1.82) is 0 Å². The van der Waals surface area contributed by atoms with Crippen LogP contribution in [0.5, 0.6) is 0 Å². The monoisotopic (exact) mass is 924 g/mol. The normalized spacial score (nSPS) is 24.9. The van der Waals surface area contributed by atoms with Crippen LogP contribution < -0.4 is 0 Å². The average molecular weight is 922 g/mol. The van der Waals surface area contributed by atoms with Gasteiger partial charge in [-0.3, -0.25) is 0 Å². The molecule has 264 valence electrons. The molecule has 4 saturated carbocycles. The number of rotatable bonds is 3. The first-order valence-corrected chi connectivity index (χ1v) is 16.8. The summed E-state index contributed by atoms with van der Waals surface area (Å²) in [5, 5.41) is 0. The van der Waals surface area contributed by atoms with Crippen LogP contribution in [-0.4, -0.2) is 0 Å². The van der Waals surface area contributed by atoms with Crippen LogP contribution in [0.4, 0.5) is 0 Å². The van der Waals surface area contributed by atoms with E-state index in [4.69, 9.17) is 0 Å². The van der Waals surface area contributed by atoms with E-state index in [1.54, 1.807) is 12.8 Å². The van der Waals surface area contributed by atoms with Crippen LogP contribution >= 0.6 is 0 Å². The van der Waals surface area contributed by atoms with Gasteiger partial charge in [-0.05, 0) is 158 Å². The Balaban J connectivity index is -0.000000527. The molecular formula is C46H68Sm2. The van der Waals surface area contributed by atoms with Gasteiger partial charge in [0.2, 0.25) is 0 Å². The summed E-state index contributed by atoms with van der Waals surface area (Å²) in [6, 6.07) is 0. The molecule has 0 bridgehead atoms. The molecule has 0 unspecified atom stereocenters. The second-order valence-corrected chi connectivity index (χ2v) is 13.4. The summed E-state index contributed by atoms with van der Waals surface area (Å²) < 4.78 is 0. The molecule has 48 heavy (non-hydrogen) atoms. The van der Waals surface area contributed by atoms with E-state index >= 15 is 0 Å². The predicted octanol–water partition coefficient (Wildman–Crippen LogP) is 13.4. The summed E-state index contributed by atoms with van der Waals surface area (Å²) >= 11 is 0. The molecule has 0 spiro atoms. The zero-order valence-corrected chi connectivity index (χ0v) is 39.8. The zero-order valence-electron chi connectivity index (χ0n) is 34.5. The summed E-state index contributed by atoms with van der Waals surface area (Å²) in [4.78, 5) is 0. The maximum Gasteiger partial charge on any atom is 0 e. The minimum Gasteiger partial charge on any atom is -0.0579 e. The Morgan fingerprint density at radius 3 is 0.312 bits per heavy atom. The summed E-state index contributed by atoms with van der Waals surface area (Å²) in [5.41, 5.74) is 0. The van der Waals surface area contributed by atoms with Gasteiger partial charge in [0.15, 0.2) is 0 Å². The minimum atomic E-state index is 0. The second-order valence-electron chi connectivity index (χ2n) is 13.4. The number of unbranched alkanes of at least 4 members (excludes halogenated alkanes) is 3. The smallest absolute Gasteiger partial charge is 0 e. The minimum absolute atomic E-state index is 0. The van der Waals surface area contributed by atoms with Crippen LogP contribution in [-0.2, 0) is 0 Å². The van der Waals surface area contributed by atoms with Gasteiger partial charge in [-0.2, -0.15) is 0 Å².